The van der Waals surface area contributed by atoms with Crippen LogP contribution in [0.4, 0.5) is 17.1 Å². The summed E-state index contributed by atoms with van der Waals surface area (Å²) < 4.78 is 8.23. The van der Waals surface area contributed by atoms with Crippen molar-refractivity contribution >= 4 is 72.7 Å². The van der Waals surface area contributed by atoms with Gasteiger partial charge in [-0.25, -0.2) is 0 Å². The van der Waals surface area contributed by atoms with Gasteiger partial charge in [0.15, 0.2) is 5.42 Å². The van der Waals surface area contributed by atoms with Crippen LogP contribution >= 0.6 is 11.3 Å². The molecule has 3 unspecified atom stereocenters. The SMILES string of the molecule is C1=CC2c3c(ccc4ccccc34)N(c3ccccc3)C2C=C1c1ccc(N(C2=c3oc4c(c3=CCC2)CCCC4)C2C=Cc3c(sc4ccccc34)C2)cc1. The zero-order valence-corrected chi connectivity index (χ0v) is 32.1. The van der Waals surface area contributed by atoms with Crippen molar-refractivity contribution in [1.82, 2.24) is 0 Å². The maximum absolute atomic E-state index is 6.86. The van der Waals surface area contributed by atoms with E-state index in [1.165, 1.54) is 100 Å². The quantitative estimate of drug-likeness (QED) is 0.175. The van der Waals surface area contributed by atoms with Crippen molar-refractivity contribution in [1.29, 1.82) is 0 Å². The number of para-hydroxylation sites is 1. The zero-order chi connectivity index (χ0) is 36.7. The first-order valence-electron chi connectivity index (χ1n) is 20.4. The fraction of sp³-hybridized carbons (Fsp3) is 0.192. The highest BCUT2D eigenvalue weighted by atomic mass is 32.1. The molecule has 4 heteroatoms. The van der Waals surface area contributed by atoms with Crippen LogP contribution in [-0.2, 0) is 19.3 Å². The number of rotatable bonds is 5. The van der Waals surface area contributed by atoms with E-state index in [0.29, 0.717) is 0 Å². The van der Waals surface area contributed by atoms with E-state index < -0.39 is 0 Å². The van der Waals surface area contributed by atoms with Crippen molar-refractivity contribution in [2.24, 2.45) is 0 Å². The van der Waals surface area contributed by atoms with Gasteiger partial charge in [-0.2, -0.15) is 0 Å². The van der Waals surface area contributed by atoms with Gasteiger partial charge in [-0.3, -0.25) is 0 Å². The molecule has 7 aromatic rings. The van der Waals surface area contributed by atoms with Crippen LogP contribution in [0.3, 0.4) is 0 Å². The first-order valence-corrected chi connectivity index (χ1v) is 21.3. The largest absolute Gasteiger partial charge is 0.459 e. The predicted octanol–water partition coefficient (Wildman–Crippen LogP) is 11.6. The summed E-state index contributed by atoms with van der Waals surface area (Å²) in [5, 5.41) is 5.39. The molecule has 5 aliphatic rings. The fourth-order valence-electron chi connectivity index (χ4n) is 10.4. The lowest BCUT2D eigenvalue weighted by Crippen LogP contribution is -2.42. The number of furan rings is 1. The lowest BCUT2D eigenvalue weighted by molar-refractivity contribution is 0.450. The Hall–Kier alpha value is -5.84. The van der Waals surface area contributed by atoms with Crippen molar-refractivity contribution in [2.45, 2.75) is 62.9 Å². The molecule has 0 saturated carbocycles. The third-order valence-electron chi connectivity index (χ3n) is 13.0. The Bertz CT molecular complexity index is 2930. The Morgan fingerprint density at radius 2 is 1.55 bits per heavy atom. The molecular weight excluding hydrogens is 701 g/mol. The summed E-state index contributed by atoms with van der Waals surface area (Å²) in [5.74, 6) is 1.50. The first-order chi connectivity index (χ1) is 27.8. The average Bonchev–Trinajstić information content (AvgIpc) is 3.94. The number of anilines is 3. The smallest absolute Gasteiger partial charge is 0.153 e. The van der Waals surface area contributed by atoms with Crippen molar-refractivity contribution in [3.8, 4) is 0 Å². The van der Waals surface area contributed by atoms with Gasteiger partial charge in [0.2, 0.25) is 0 Å². The van der Waals surface area contributed by atoms with E-state index in [1.54, 1.807) is 0 Å². The second kappa shape index (κ2) is 12.9. The van der Waals surface area contributed by atoms with Crippen LogP contribution in [0.25, 0.3) is 44.3 Å². The molecule has 0 amide bonds. The van der Waals surface area contributed by atoms with Gasteiger partial charge in [0.25, 0.3) is 0 Å². The summed E-state index contributed by atoms with van der Waals surface area (Å²) in [4.78, 5) is 6.66. The average molecular weight is 743 g/mol. The van der Waals surface area contributed by atoms with E-state index >= 15 is 0 Å². The van der Waals surface area contributed by atoms with Crippen molar-refractivity contribution in [2.75, 3.05) is 9.80 Å². The van der Waals surface area contributed by atoms with Gasteiger partial charge in [-0.15, -0.1) is 11.3 Å². The predicted molar refractivity (Wildman–Crippen MR) is 235 cm³/mol. The third-order valence-corrected chi connectivity index (χ3v) is 14.2. The molecule has 0 spiro atoms. The van der Waals surface area contributed by atoms with Gasteiger partial charge in [-0.05, 0) is 107 Å². The minimum absolute atomic E-state index is 0.190. The molecule has 272 valence electrons. The summed E-state index contributed by atoms with van der Waals surface area (Å²) in [6.45, 7) is 0. The second-order valence-corrected chi connectivity index (χ2v) is 17.2. The van der Waals surface area contributed by atoms with Gasteiger partial charge >= 0.3 is 0 Å². The Kier molecular flexibility index (Phi) is 7.44. The molecule has 0 bridgehead atoms. The maximum Gasteiger partial charge on any atom is 0.153 e. The molecule has 5 aromatic carbocycles. The monoisotopic (exact) mass is 742 g/mol. The van der Waals surface area contributed by atoms with Crippen LogP contribution in [0.2, 0.25) is 0 Å². The van der Waals surface area contributed by atoms with Crippen molar-refractivity contribution in [3.63, 3.8) is 0 Å². The van der Waals surface area contributed by atoms with Crippen LogP contribution in [-0.4, -0.2) is 12.1 Å². The van der Waals surface area contributed by atoms with Gasteiger partial charge in [0.1, 0.15) is 5.76 Å². The standard InChI is InChI=1S/C52H42N2OS/c1-2-12-36(13-3-1)54-45-30-24-34-11-4-5-14-39(34)51(45)44-28-23-35(31-47(44)54)33-21-25-37(26-22-33)53(38-27-29-42-41-16-7-9-20-49(41)56-50(42)32-38)46-18-10-17-43-40-15-6-8-19-48(40)55-52(43)46/h1-5,7,9,11-14,16-17,20-31,38,44,47H,6,8,10,15,18-19,32H2. The number of hydrogen-bond donors (Lipinski definition) is 0. The van der Waals surface area contributed by atoms with E-state index in [1.807, 2.05) is 11.3 Å². The lowest BCUT2D eigenvalue weighted by Gasteiger charge is -2.35. The molecule has 0 radical (unpaired) electrons. The second-order valence-electron chi connectivity index (χ2n) is 16.0. The number of thiophene rings is 1. The highest BCUT2D eigenvalue weighted by molar-refractivity contribution is 7.19. The Morgan fingerprint density at radius 1 is 0.732 bits per heavy atom. The summed E-state index contributed by atoms with van der Waals surface area (Å²) >= 11 is 1.96. The maximum atomic E-state index is 6.86. The Labute approximate surface area is 331 Å². The van der Waals surface area contributed by atoms with E-state index in [2.05, 4.69) is 162 Å². The van der Waals surface area contributed by atoms with E-state index in [-0.39, 0.29) is 18.0 Å². The highest BCUT2D eigenvalue weighted by Crippen LogP contribution is 2.51. The molecule has 4 aliphatic carbocycles. The normalized spacial score (nSPS) is 20.6. The zero-order valence-electron chi connectivity index (χ0n) is 31.3. The number of allylic oxidation sites excluding steroid dienone is 2. The summed E-state index contributed by atoms with van der Waals surface area (Å²) in [6.07, 6.45) is 22.3. The number of hydrogen-bond acceptors (Lipinski definition) is 4. The van der Waals surface area contributed by atoms with Gasteiger partial charge in [0.05, 0.1) is 17.8 Å². The molecule has 12 rings (SSSR count). The third kappa shape index (κ3) is 5.01. The van der Waals surface area contributed by atoms with E-state index in [9.17, 15) is 0 Å². The Morgan fingerprint density at radius 3 is 2.46 bits per heavy atom. The molecule has 3 atom stereocenters. The molecule has 0 N–H and O–H groups in total. The minimum Gasteiger partial charge on any atom is -0.459 e. The Balaban J connectivity index is 0.950. The van der Waals surface area contributed by atoms with Crippen LogP contribution in [0.15, 0.2) is 144 Å². The molecular formula is C52H42N2OS. The van der Waals surface area contributed by atoms with Crippen molar-refractivity contribution in [3.05, 3.63) is 183 Å². The summed E-state index contributed by atoms with van der Waals surface area (Å²) in [5.41, 5.74) is 13.0. The van der Waals surface area contributed by atoms with Gasteiger partial charge in [-0.1, -0.05) is 115 Å². The molecule has 3 nitrogen and oxygen atoms in total. The first kappa shape index (κ1) is 32.4. The molecule has 0 saturated heterocycles. The minimum atomic E-state index is 0.190. The van der Waals surface area contributed by atoms with Crippen LogP contribution in [0.5, 0.6) is 0 Å². The van der Waals surface area contributed by atoms with Crippen LogP contribution in [0, 0.1) is 0 Å². The van der Waals surface area contributed by atoms with Crippen LogP contribution < -0.4 is 20.4 Å². The fourth-order valence-corrected chi connectivity index (χ4v) is 11.7. The van der Waals surface area contributed by atoms with Crippen LogP contribution in [0.1, 0.15) is 64.5 Å². The molecule has 0 fully saturated rings. The molecule has 56 heavy (non-hydrogen) atoms. The van der Waals surface area contributed by atoms with E-state index in [0.717, 1.165) is 37.5 Å². The number of benzene rings is 5. The molecule has 2 aromatic heterocycles. The van der Waals surface area contributed by atoms with Gasteiger partial charge in [0, 0.05) is 56.2 Å². The highest BCUT2D eigenvalue weighted by Gasteiger charge is 2.39. The molecule has 1 aliphatic heterocycles. The van der Waals surface area contributed by atoms with Crippen molar-refractivity contribution < 1.29 is 4.42 Å². The number of nitrogens with zero attached hydrogens (tertiary/aromatic N) is 2. The molecule has 3 heterocycles. The summed E-state index contributed by atoms with van der Waals surface area (Å²) in [7, 11) is 0. The topological polar surface area (TPSA) is 19.6 Å². The number of aryl methyl sites for hydroxylation is 1. The number of fused-ring (bicyclic) bond motifs is 11. The van der Waals surface area contributed by atoms with Gasteiger partial charge < -0.3 is 14.2 Å². The summed E-state index contributed by atoms with van der Waals surface area (Å²) in [6, 6.07) is 43.1. The van der Waals surface area contributed by atoms with E-state index in [4.69, 9.17) is 4.42 Å². The lowest BCUT2D eigenvalue weighted by atomic mass is 9.85.